The van der Waals surface area contributed by atoms with E-state index in [0.29, 0.717) is 0 Å². The summed E-state index contributed by atoms with van der Waals surface area (Å²) in [5.41, 5.74) is 0.424. The van der Waals surface area contributed by atoms with Gasteiger partial charge in [-0.25, -0.2) is 14.4 Å². The quantitative estimate of drug-likeness (QED) is 0.758. The van der Waals surface area contributed by atoms with Crippen molar-refractivity contribution in [2.24, 2.45) is 0 Å². The van der Waals surface area contributed by atoms with Crippen LogP contribution in [0.1, 0.15) is 24.2 Å². The lowest BCUT2D eigenvalue weighted by atomic mass is 10.0. The minimum absolute atomic E-state index is 0.0662. The molecule has 0 aromatic heterocycles. The average molecular weight is 387 g/mol. The van der Waals surface area contributed by atoms with Gasteiger partial charge in [0.05, 0.1) is 39.5 Å². The lowest BCUT2D eigenvalue weighted by molar-refractivity contribution is -0.139. The topological polar surface area (TPSA) is 93.7 Å². The van der Waals surface area contributed by atoms with Gasteiger partial charge in [0.2, 0.25) is 0 Å². The van der Waals surface area contributed by atoms with Crippen molar-refractivity contribution in [3.63, 3.8) is 0 Å². The zero-order chi connectivity index (χ0) is 18.6. The molecular weight excluding hydrogens is 371 g/mol. The summed E-state index contributed by atoms with van der Waals surface area (Å²) in [6.07, 6.45) is 0. The fraction of sp³-hybridized carbons (Fsp3) is 0.312. The van der Waals surface area contributed by atoms with Gasteiger partial charge in [0.15, 0.2) is 0 Å². The molecule has 0 aliphatic carbocycles. The number of hydrogen-bond donors (Lipinski definition) is 2. The lowest BCUT2D eigenvalue weighted by Crippen LogP contribution is -2.50. The molecule has 0 radical (unpaired) electrons. The van der Waals surface area contributed by atoms with E-state index in [-0.39, 0.29) is 40.1 Å². The number of urea groups is 1. The highest BCUT2D eigenvalue weighted by atomic mass is 35.5. The zero-order valence-electron chi connectivity index (χ0n) is 13.5. The molecule has 1 aliphatic heterocycles. The van der Waals surface area contributed by atoms with Crippen LogP contribution in [-0.2, 0) is 14.3 Å². The Bertz CT molecular complexity index is 748. The van der Waals surface area contributed by atoms with Crippen LogP contribution in [0.25, 0.3) is 0 Å². The van der Waals surface area contributed by atoms with Gasteiger partial charge in [-0.05, 0) is 26.0 Å². The first kappa shape index (κ1) is 19.1. The zero-order valence-corrected chi connectivity index (χ0v) is 15.0. The molecule has 0 fully saturated rings. The maximum absolute atomic E-state index is 12.2. The fourth-order valence-electron chi connectivity index (χ4n) is 2.27. The molecule has 0 saturated carbocycles. The van der Waals surface area contributed by atoms with Crippen molar-refractivity contribution in [3.8, 4) is 0 Å². The van der Waals surface area contributed by atoms with E-state index in [9.17, 15) is 14.4 Å². The Morgan fingerprint density at radius 2 is 1.92 bits per heavy atom. The molecule has 0 unspecified atom stereocenters. The van der Waals surface area contributed by atoms with Crippen LogP contribution in [0.4, 0.5) is 4.79 Å². The van der Waals surface area contributed by atoms with E-state index in [1.807, 2.05) is 0 Å². The number of ether oxygens (including phenoxy) is 2. The molecule has 1 aliphatic rings. The Balaban J connectivity index is 2.21. The van der Waals surface area contributed by atoms with E-state index >= 15 is 0 Å². The number of nitrogens with one attached hydrogen (secondary N) is 2. The SMILES string of the molecule is CCOC(=O)C1=C(COC(=O)c2cccc(Cl)c2Cl)NC(=O)N[C@@H]1C. The van der Waals surface area contributed by atoms with E-state index in [2.05, 4.69) is 10.6 Å². The van der Waals surface area contributed by atoms with Gasteiger partial charge in [0.25, 0.3) is 0 Å². The Hall–Kier alpha value is -2.25. The highest BCUT2D eigenvalue weighted by Gasteiger charge is 2.30. The van der Waals surface area contributed by atoms with Gasteiger partial charge < -0.3 is 20.1 Å². The van der Waals surface area contributed by atoms with Gasteiger partial charge in [-0.3, -0.25) is 0 Å². The molecule has 134 valence electrons. The number of benzene rings is 1. The highest BCUT2D eigenvalue weighted by Crippen LogP contribution is 2.26. The normalized spacial score (nSPS) is 16.8. The van der Waals surface area contributed by atoms with Crippen molar-refractivity contribution in [3.05, 3.63) is 45.1 Å². The minimum Gasteiger partial charge on any atom is -0.463 e. The van der Waals surface area contributed by atoms with Crippen molar-refractivity contribution in [1.29, 1.82) is 0 Å². The van der Waals surface area contributed by atoms with Crippen LogP contribution in [0.5, 0.6) is 0 Å². The van der Waals surface area contributed by atoms with Gasteiger partial charge in [0, 0.05) is 0 Å². The van der Waals surface area contributed by atoms with Crippen LogP contribution in [0.3, 0.4) is 0 Å². The fourth-order valence-corrected chi connectivity index (χ4v) is 2.65. The molecule has 1 aromatic rings. The third-order valence-electron chi connectivity index (χ3n) is 3.38. The van der Waals surface area contributed by atoms with Gasteiger partial charge in [0.1, 0.15) is 6.61 Å². The number of carbonyl (C=O) groups excluding carboxylic acids is 3. The summed E-state index contributed by atoms with van der Waals surface area (Å²) in [7, 11) is 0. The van der Waals surface area contributed by atoms with Gasteiger partial charge >= 0.3 is 18.0 Å². The molecule has 1 heterocycles. The second-order valence-electron chi connectivity index (χ2n) is 5.11. The molecule has 25 heavy (non-hydrogen) atoms. The molecule has 2 N–H and O–H groups in total. The van der Waals surface area contributed by atoms with E-state index < -0.39 is 24.0 Å². The minimum atomic E-state index is -0.733. The number of halogens is 2. The van der Waals surface area contributed by atoms with Gasteiger partial charge in [-0.15, -0.1) is 0 Å². The number of hydrogen-bond acceptors (Lipinski definition) is 5. The molecule has 0 spiro atoms. The van der Waals surface area contributed by atoms with Crippen LogP contribution >= 0.6 is 23.2 Å². The van der Waals surface area contributed by atoms with Crippen LogP contribution in [0.15, 0.2) is 29.5 Å². The number of esters is 2. The standard InChI is InChI=1S/C16H16Cl2N2O5/c1-3-24-15(22)12-8(2)19-16(23)20-11(12)7-25-14(21)9-5-4-6-10(17)13(9)18/h4-6,8H,3,7H2,1-2H3,(H2,19,20,23)/t8-/m1/s1. The first-order valence-electron chi connectivity index (χ1n) is 7.44. The Labute approximate surface area is 154 Å². The van der Waals surface area contributed by atoms with Crippen molar-refractivity contribution >= 4 is 41.2 Å². The van der Waals surface area contributed by atoms with Gasteiger partial charge in [-0.2, -0.15) is 0 Å². The van der Waals surface area contributed by atoms with E-state index in [0.717, 1.165) is 0 Å². The van der Waals surface area contributed by atoms with Crippen LogP contribution in [0.2, 0.25) is 10.0 Å². The van der Waals surface area contributed by atoms with Crippen LogP contribution in [0, 0.1) is 0 Å². The van der Waals surface area contributed by atoms with Crippen LogP contribution in [-0.4, -0.2) is 37.2 Å². The highest BCUT2D eigenvalue weighted by molar-refractivity contribution is 6.43. The second-order valence-corrected chi connectivity index (χ2v) is 5.90. The smallest absolute Gasteiger partial charge is 0.340 e. The predicted octanol–water partition coefficient (Wildman–Crippen LogP) is 2.67. The largest absolute Gasteiger partial charge is 0.463 e. The molecule has 1 atom stereocenters. The molecule has 1 aromatic carbocycles. The first-order valence-corrected chi connectivity index (χ1v) is 8.19. The van der Waals surface area contributed by atoms with E-state index in [4.69, 9.17) is 32.7 Å². The summed E-state index contributed by atoms with van der Waals surface area (Å²) < 4.78 is 10.1. The Kier molecular flexibility index (Phi) is 6.27. The Morgan fingerprint density at radius 3 is 2.60 bits per heavy atom. The average Bonchev–Trinajstić information content (AvgIpc) is 2.54. The molecular formula is C16H16Cl2N2O5. The summed E-state index contributed by atoms with van der Waals surface area (Å²) in [6.45, 7) is 3.14. The molecule has 2 rings (SSSR count). The third kappa shape index (κ3) is 4.43. The van der Waals surface area contributed by atoms with Crippen molar-refractivity contribution in [1.82, 2.24) is 10.6 Å². The predicted molar refractivity (Wildman–Crippen MR) is 91.5 cm³/mol. The maximum atomic E-state index is 12.2. The molecule has 0 bridgehead atoms. The summed E-state index contributed by atoms with van der Waals surface area (Å²) in [5.74, 6) is -1.34. The van der Waals surface area contributed by atoms with E-state index in [1.165, 1.54) is 12.1 Å². The first-order chi connectivity index (χ1) is 11.8. The third-order valence-corrected chi connectivity index (χ3v) is 4.20. The molecule has 7 nitrogen and oxygen atoms in total. The number of rotatable bonds is 5. The summed E-state index contributed by atoms with van der Waals surface area (Å²) >= 11 is 11.8. The monoisotopic (exact) mass is 386 g/mol. The van der Waals surface area contributed by atoms with Crippen LogP contribution < -0.4 is 10.6 Å². The van der Waals surface area contributed by atoms with Crippen molar-refractivity contribution in [2.45, 2.75) is 19.9 Å². The molecule has 0 saturated heterocycles. The number of carbonyl (C=O) groups is 3. The summed E-state index contributed by atoms with van der Waals surface area (Å²) in [6, 6.07) is 3.46. The second kappa shape index (κ2) is 8.22. The summed E-state index contributed by atoms with van der Waals surface area (Å²) in [5, 5.41) is 5.29. The lowest BCUT2D eigenvalue weighted by Gasteiger charge is -2.26. The van der Waals surface area contributed by atoms with Gasteiger partial charge in [-0.1, -0.05) is 29.3 Å². The molecule has 2 amide bonds. The number of amides is 2. The maximum Gasteiger partial charge on any atom is 0.340 e. The Morgan fingerprint density at radius 1 is 1.20 bits per heavy atom. The molecule has 9 heteroatoms. The summed E-state index contributed by atoms with van der Waals surface area (Å²) in [4.78, 5) is 35.9. The van der Waals surface area contributed by atoms with Crippen molar-refractivity contribution in [2.75, 3.05) is 13.2 Å². The van der Waals surface area contributed by atoms with Crippen molar-refractivity contribution < 1.29 is 23.9 Å². The van der Waals surface area contributed by atoms with E-state index in [1.54, 1.807) is 19.9 Å².